The summed E-state index contributed by atoms with van der Waals surface area (Å²) in [5.74, 6) is -2.19. The zero-order valence-corrected chi connectivity index (χ0v) is 17.8. The van der Waals surface area contributed by atoms with Gasteiger partial charge in [0, 0.05) is 14.9 Å². The third-order valence-electron chi connectivity index (χ3n) is 4.85. The zero-order valence-electron chi connectivity index (χ0n) is 15.5. The van der Waals surface area contributed by atoms with Gasteiger partial charge in [-0.3, -0.25) is 9.69 Å². The molecule has 0 aliphatic carbocycles. The predicted octanol–water partition coefficient (Wildman–Crippen LogP) is 4.42. The van der Waals surface area contributed by atoms with E-state index in [0.29, 0.717) is 26.1 Å². The molecule has 2 N–H and O–H groups in total. The Morgan fingerprint density at radius 3 is 2.67 bits per heavy atom. The van der Waals surface area contributed by atoms with Crippen LogP contribution in [0.25, 0.3) is 0 Å². The molecule has 4 rings (SSSR count). The maximum atomic E-state index is 13.2. The summed E-state index contributed by atoms with van der Waals surface area (Å²) in [4.78, 5) is 27.8. The lowest BCUT2D eigenvalue weighted by atomic mass is 9.82. The van der Waals surface area contributed by atoms with Gasteiger partial charge in [-0.2, -0.15) is 5.26 Å². The lowest BCUT2D eigenvalue weighted by molar-refractivity contribution is -0.136. The molecule has 0 fully saturated rings. The fourth-order valence-corrected chi connectivity index (χ4v) is 5.20. The third-order valence-corrected chi connectivity index (χ3v) is 6.59. The molecule has 6 nitrogen and oxygen atoms in total. The van der Waals surface area contributed by atoms with Gasteiger partial charge in [0.15, 0.2) is 0 Å². The van der Waals surface area contributed by atoms with Gasteiger partial charge in [-0.15, -0.1) is 0 Å². The van der Waals surface area contributed by atoms with Crippen LogP contribution in [-0.2, 0) is 9.53 Å². The van der Waals surface area contributed by atoms with Crippen molar-refractivity contribution < 1.29 is 14.3 Å². The minimum atomic E-state index is -0.913. The summed E-state index contributed by atoms with van der Waals surface area (Å²) >= 11 is 13.7. The van der Waals surface area contributed by atoms with Crippen LogP contribution in [0, 0.1) is 11.3 Å². The number of nitrogens with two attached hydrogens (primary N) is 1. The number of thioether (sulfide) groups is 1. The number of allylic oxidation sites excluding steroid dienone is 1. The van der Waals surface area contributed by atoms with Gasteiger partial charge in [0.25, 0.3) is 5.91 Å². The zero-order chi connectivity index (χ0) is 21.6. The van der Waals surface area contributed by atoms with Gasteiger partial charge < -0.3 is 10.5 Å². The predicted molar refractivity (Wildman–Crippen MR) is 114 cm³/mol. The second-order valence-electron chi connectivity index (χ2n) is 6.46. The van der Waals surface area contributed by atoms with E-state index in [-0.39, 0.29) is 22.0 Å². The smallest absolute Gasteiger partial charge is 0.338 e. The Balaban J connectivity index is 2.03. The third kappa shape index (κ3) is 3.05. The molecule has 2 aromatic rings. The van der Waals surface area contributed by atoms with Crippen LogP contribution >= 0.6 is 35.0 Å². The van der Waals surface area contributed by atoms with Gasteiger partial charge >= 0.3 is 5.97 Å². The van der Waals surface area contributed by atoms with Gasteiger partial charge in [-0.05, 0) is 29.8 Å². The van der Waals surface area contributed by atoms with Crippen molar-refractivity contribution in [3.05, 3.63) is 85.6 Å². The van der Waals surface area contributed by atoms with Crippen molar-refractivity contribution in [2.45, 2.75) is 10.8 Å². The molecule has 1 atom stereocenters. The van der Waals surface area contributed by atoms with E-state index in [1.165, 1.54) is 29.8 Å². The Kier molecular flexibility index (Phi) is 5.24. The highest BCUT2D eigenvalue weighted by molar-refractivity contribution is 8.03. The average molecular weight is 458 g/mol. The number of halogens is 2. The molecule has 1 amide bonds. The number of nitrogens with zero attached hydrogens (tertiary/aromatic N) is 2. The first-order valence-electron chi connectivity index (χ1n) is 8.67. The minimum absolute atomic E-state index is 0.0321. The fourth-order valence-electron chi connectivity index (χ4n) is 3.52. The second-order valence-corrected chi connectivity index (χ2v) is 8.33. The number of ether oxygens (including phenoxy) is 1. The molecule has 0 spiro atoms. The van der Waals surface area contributed by atoms with Crippen LogP contribution in [0.3, 0.4) is 0 Å². The molecular weight excluding hydrogens is 445 g/mol. The van der Waals surface area contributed by atoms with Crippen molar-refractivity contribution in [1.82, 2.24) is 4.90 Å². The summed E-state index contributed by atoms with van der Waals surface area (Å²) < 4.78 is 4.93. The maximum absolute atomic E-state index is 13.2. The summed E-state index contributed by atoms with van der Waals surface area (Å²) in [5, 5.41) is 11.1. The second kappa shape index (κ2) is 7.73. The van der Waals surface area contributed by atoms with Crippen molar-refractivity contribution in [3.63, 3.8) is 0 Å². The summed E-state index contributed by atoms with van der Waals surface area (Å²) in [6, 6.07) is 13.9. The van der Waals surface area contributed by atoms with Crippen LogP contribution in [0.4, 0.5) is 0 Å². The maximum Gasteiger partial charge on any atom is 0.338 e. The number of nitriles is 1. The first kappa shape index (κ1) is 20.4. The first-order chi connectivity index (χ1) is 14.4. The van der Waals surface area contributed by atoms with Crippen LogP contribution < -0.4 is 5.73 Å². The quantitative estimate of drug-likeness (QED) is 0.670. The number of rotatable bonds is 2. The topological polar surface area (TPSA) is 96.4 Å². The monoisotopic (exact) mass is 457 g/mol. The summed E-state index contributed by atoms with van der Waals surface area (Å²) in [5.41, 5.74) is 7.36. The molecule has 0 radical (unpaired) electrons. The summed E-state index contributed by atoms with van der Waals surface area (Å²) in [6.45, 7) is 0. The van der Waals surface area contributed by atoms with E-state index >= 15 is 0 Å². The Morgan fingerprint density at radius 2 is 2.00 bits per heavy atom. The van der Waals surface area contributed by atoms with E-state index in [9.17, 15) is 14.9 Å². The van der Waals surface area contributed by atoms with Crippen molar-refractivity contribution in [3.8, 4) is 6.07 Å². The van der Waals surface area contributed by atoms with Crippen LogP contribution in [0.1, 0.15) is 21.8 Å². The first-order valence-corrected chi connectivity index (χ1v) is 10.2. The van der Waals surface area contributed by atoms with Gasteiger partial charge in [0.2, 0.25) is 0 Å². The fraction of sp³-hybridized carbons (Fsp3) is 0.0952. The average Bonchev–Trinajstić information content (AvgIpc) is 2.73. The highest BCUT2D eigenvalue weighted by Crippen LogP contribution is 2.50. The largest absolute Gasteiger partial charge is 0.466 e. The molecule has 0 unspecified atom stereocenters. The molecule has 2 aliphatic rings. The highest BCUT2D eigenvalue weighted by atomic mass is 35.5. The van der Waals surface area contributed by atoms with E-state index < -0.39 is 17.8 Å². The number of methoxy groups -OCH3 is 1. The highest BCUT2D eigenvalue weighted by Gasteiger charge is 2.44. The van der Waals surface area contributed by atoms with Crippen LogP contribution in [0.2, 0.25) is 10.0 Å². The van der Waals surface area contributed by atoms with E-state index in [2.05, 4.69) is 6.07 Å². The van der Waals surface area contributed by atoms with Gasteiger partial charge in [-0.1, -0.05) is 53.2 Å². The molecule has 0 aromatic heterocycles. The van der Waals surface area contributed by atoms with E-state index in [1.807, 2.05) is 0 Å². The molecule has 2 aromatic carbocycles. The number of esters is 1. The Bertz CT molecular complexity index is 1220. The van der Waals surface area contributed by atoms with Gasteiger partial charge in [-0.25, -0.2) is 4.79 Å². The number of carbonyl (C=O) groups is 2. The van der Waals surface area contributed by atoms with E-state index in [4.69, 9.17) is 33.7 Å². The molecule has 30 heavy (non-hydrogen) atoms. The number of benzene rings is 2. The van der Waals surface area contributed by atoms with E-state index in [0.717, 1.165) is 0 Å². The molecule has 9 heteroatoms. The lowest BCUT2D eigenvalue weighted by Gasteiger charge is -2.38. The number of hydrogen-bond acceptors (Lipinski definition) is 6. The van der Waals surface area contributed by atoms with Crippen molar-refractivity contribution in [2.75, 3.05) is 7.11 Å². The molecule has 2 heterocycles. The molecule has 0 bridgehead atoms. The Labute approximate surface area is 186 Å². The number of fused-ring (bicyclic) bond motifs is 2. The van der Waals surface area contributed by atoms with Gasteiger partial charge in [0.05, 0.1) is 35.8 Å². The van der Waals surface area contributed by atoms with Gasteiger partial charge in [0.1, 0.15) is 10.9 Å². The SMILES string of the molecule is COC(=O)C1=C(N)N2C(=O)c3ccccc3SC2=C(C#N)[C@H]1c1ccc(Cl)cc1Cl. The van der Waals surface area contributed by atoms with E-state index in [1.54, 1.807) is 36.4 Å². The van der Waals surface area contributed by atoms with Crippen molar-refractivity contribution in [1.29, 1.82) is 5.26 Å². The molecule has 150 valence electrons. The number of amides is 1. The molecule has 2 aliphatic heterocycles. The number of hydrogen-bond donors (Lipinski definition) is 1. The standard InChI is InChI=1S/C21H13Cl2N3O3S/c1-29-21(28)17-16(11-7-6-10(22)8-14(11)23)13(9-24)20-26(18(17)25)19(27)12-4-2-3-5-15(12)30-20/h2-8,16H,25H2,1H3/t16-/m1/s1. The van der Waals surface area contributed by atoms with Crippen molar-refractivity contribution >= 4 is 46.8 Å². The van der Waals surface area contributed by atoms with Crippen LogP contribution in [0.15, 0.2) is 69.4 Å². The molecular formula is C21H13Cl2N3O3S. The summed E-state index contributed by atoms with van der Waals surface area (Å²) in [7, 11) is 1.20. The lowest BCUT2D eigenvalue weighted by Crippen LogP contribution is -2.42. The Morgan fingerprint density at radius 1 is 1.27 bits per heavy atom. The molecule has 0 saturated heterocycles. The van der Waals surface area contributed by atoms with Crippen LogP contribution in [0.5, 0.6) is 0 Å². The molecule has 0 saturated carbocycles. The normalized spacial score (nSPS) is 18.0. The Hall–Kier alpha value is -2.92. The minimum Gasteiger partial charge on any atom is -0.466 e. The van der Waals surface area contributed by atoms with Crippen LogP contribution in [-0.4, -0.2) is 23.9 Å². The number of carbonyl (C=O) groups excluding carboxylic acids is 2. The van der Waals surface area contributed by atoms with Crippen molar-refractivity contribution in [2.24, 2.45) is 5.73 Å². The summed E-state index contributed by atoms with van der Waals surface area (Å²) in [6.07, 6.45) is 0.